The van der Waals surface area contributed by atoms with Crippen LogP contribution in [0.1, 0.15) is 31.2 Å². The molecule has 1 aromatic rings. The second-order valence-electron chi connectivity index (χ2n) is 4.88. The first-order valence-electron chi connectivity index (χ1n) is 6.58. The number of aryl methyl sites for hydroxylation is 1. The molecule has 1 fully saturated rings. The Morgan fingerprint density at radius 3 is 2.78 bits per heavy atom. The Hall–Kier alpha value is -1.42. The van der Waals surface area contributed by atoms with Gasteiger partial charge < -0.3 is 10.4 Å². The maximum atomic E-state index is 11.8. The van der Waals surface area contributed by atoms with Crippen LogP contribution in [-0.4, -0.2) is 28.6 Å². The number of aromatic nitrogens is 1. The zero-order chi connectivity index (χ0) is 12.8. The van der Waals surface area contributed by atoms with E-state index in [4.69, 9.17) is 5.11 Å². The molecule has 1 aliphatic carbocycles. The van der Waals surface area contributed by atoms with Crippen molar-refractivity contribution < 1.29 is 9.90 Å². The smallest absolute Gasteiger partial charge is 0.220 e. The normalized spacial score (nSPS) is 16.3. The lowest BCUT2D eigenvalue weighted by molar-refractivity contribution is -0.122. The lowest BCUT2D eigenvalue weighted by Gasteiger charge is -2.17. The first-order chi connectivity index (χ1) is 8.79. The Balaban J connectivity index is 1.74. The lowest BCUT2D eigenvalue weighted by atomic mass is 10.1. The monoisotopic (exact) mass is 248 g/mol. The summed E-state index contributed by atoms with van der Waals surface area (Å²) < 4.78 is 0. The van der Waals surface area contributed by atoms with Crippen LogP contribution in [-0.2, 0) is 11.2 Å². The number of nitrogens with one attached hydrogen (secondary N) is 1. The lowest BCUT2D eigenvalue weighted by Crippen LogP contribution is -2.37. The highest BCUT2D eigenvalue weighted by Crippen LogP contribution is 2.33. The van der Waals surface area contributed by atoms with Crippen molar-refractivity contribution in [1.29, 1.82) is 0 Å². The SMILES string of the molecule is O=C(CCc1ccncc1)NC(CCO)C1CC1. The molecule has 1 saturated carbocycles. The molecule has 18 heavy (non-hydrogen) atoms. The summed E-state index contributed by atoms with van der Waals surface area (Å²) in [5.41, 5.74) is 1.13. The molecular weight excluding hydrogens is 228 g/mol. The average Bonchev–Trinajstić information content (AvgIpc) is 3.21. The number of amides is 1. The first-order valence-corrected chi connectivity index (χ1v) is 6.58. The summed E-state index contributed by atoms with van der Waals surface area (Å²) in [6, 6.07) is 4.03. The van der Waals surface area contributed by atoms with Crippen LogP contribution in [0.5, 0.6) is 0 Å². The largest absolute Gasteiger partial charge is 0.396 e. The molecule has 0 saturated heterocycles. The third-order valence-electron chi connectivity index (χ3n) is 3.37. The minimum Gasteiger partial charge on any atom is -0.396 e. The molecule has 2 N–H and O–H groups in total. The summed E-state index contributed by atoms with van der Waals surface area (Å²) in [6.07, 6.45) is 7.75. The molecule has 1 aliphatic rings. The van der Waals surface area contributed by atoms with E-state index >= 15 is 0 Å². The van der Waals surface area contributed by atoms with Gasteiger partial charge in [-0.05, 0) is 49.3 Å². The van der Waals surface area contributed by atoms with Crippen molar-refractivity contribution in [2.45, 2.75) is 38.1 Å². The molecule has 4 heteroatoms. The second-order valence-corrected chi connectivity index (χ2v) is 4.88. The maximum Gasteiger partial charge on any atom is 0.220 e. The Morgan fingerprint density at radius 1 is 1.44 bits per heavy atom. The van der Waals surface area contributed by atoms with Crippen LogP contribution in [0.4, 0.5) is 0 Å². The Morgan fingerprint density at radius 2 is 2.17 bits per heavy atom. The highest BCUT2D eigenvalue weighted by Gasteiger charge is 2.31. The van der Waals surface area contributed by atoms with Crippen molar-refractivity contribution >= 4 is 5.91 Å². The van der Waals surface area contributed by atoms with E-state index in [1.54, 1.807) is 12.4 Å². The fraction of sp³-hybridized carbons (Fsp3) is 0.571. The molecule has 0 radical (unpaired) electrons. The summed E-state index contributed by atoms with van der Waals surface area (Å²) in [5.74, 6) is 0.666. The van der Waals surface area contributed by atoms with Gasteiger partial charge in [0.1, 0.15) is 0 Å². The molecule has 1 amide bonds. The Labute approximate surface area is 107 Å². The molecule has 4 nitrogen and oxygen atoms in total. The van der Waals surface area contributed by atoms with E-state index in [-0.39, 0.29) is 18.6 Å². The van der Waals surface area contributed by atoms with E-state index in [1.807, 2.05) is 12.1 Å². The first kappa shape index (κ1) is 13.0. The van der Waals surface area contributed by atoms with Gasteiger partial charge in [-0.2, -0.15) is 0 Å². The molecule has 1 aromatic heterocycles. The Kier molecular flexibility index (Phi) is 4.70. The van der Waals surface area contributed by atoms with E-state index in [0.29, 0.717) is 18.8 Å². The van der Waals surface area contributed by atoms with Gasteiger partial charge in [0.05, 0.1) is 0 Å². The maximum absolute atomic E-state index is 11.8. The molecule has 0 spiro atoms. The van der Waals surface area contributed by atoms with Crippen molar-refractivity contribution in [2.75, 3.05) is 6.61 Å². The molecule has 1 heterocycles. The van der Waals surface area contributed by atoms with Crippen LogP contribution in [0, 0.1) is 5.92 Å². The molecule has 0 bridgehead atoms. The average molecular weight is 248 g/mol. The van der Waals surface area contributed by atoms with E-state index in [2.05, 4.69) is 10.3 Å². The number of pyridine rings is 1. The van der Waals surface area contributed by atoms with Gasteiger partial charge in [0.15, 0.2) is 0 Å². The topological polar surface area (TPSA) is 62.2 Å². The van der Waals surface area contributed by atoms with Gasteiger partial charge in [0.25, 0.3) is 0 Å². The Bertz CT molecular complexity index is 377. The zero-order valence-electron chi connectivity index (χ0n) is 10.5. The summed E-state index contributed by atoms with van der Waals surface area (Å²) >= 11 is 0. The van der Waals surface area contributed by atoms with Gasteiger partial charge in [-0.1, -0.05) is 0 Å². The predicted octanol–water partition coefficient (Wildman–Crippen LogP) is 1.29. The minimum absolute atomic E-state index is 0.0807. The van der Waals surface area contributed by atoms with Crippen molar-refractivity contribution in [3.8, 4) is 0 Å². The van der Waals surface area contributed by atoms with E-state index in [9.17, 15) is 4.79 Å². The third kappa shape index (κ3) is 4.11. The number of carbonyl (C=O) groups is 1. The van der Waals surface area contributed by atoms with E-state index in [0.717, 1.165) is 12.0 Å². The van der Waals surface area contributed by atoms with Crippen molar-refractivity contribution in [3.63, 3.8) is 0 Å². The number of hydrogen-bond acceptors (Lipinski definition) is 3. The molecule has 2 rings (SSSR count). The summed E-state index contributed by atoms with van der Waals surface area (Å²) in [7, 11) is 0. The van der Waals surface area contributed by atoms with Crippen LogP contribution in [0.2, 0.25) is 0 Å². The van der Waals surface area contributed by atoms with Crippen LogP contribution in [0.3, 0.4) is 0 Å². The van der Waals surface area contributed by atoms with Crippen molar-refractivity contribution in [3.05, 3.63) is 30.1 Å². The van der Waals surface area contributed by atoms with Gasteiger partial charge in [0, 0.05) is 31.5 Å². The highest BCUT2D eigenvalue weighted by molar-refractivity contribution is 5.76. The molecule has 0 aromatic carbocycles. The number of aliphatic hydroxyl groups is 1. The number of aliphatic hydroxyl groups excluding tert-OH is 1. The van der Waals surface area contributed by atoms with E-state index in [1.165, 1.54) is 12.8 Å². The van der Waals surface area contributed by atoms with Crippen molar-refractivity contribution in [2.24, 2.45) is 5.92 Å². The van der Waals surface area contributed by atoms with Crippen LogP contribution < -0.4 is 5.32 Å². The fourth-order valence-electron chi connectivity index (χ4n) is 2.15. The quantitative estimate of drug-likeness (QED) is 0.764. The molecule has 1 unspecified atom stereocenters. The number of nitrogens with zero attached hydrogens (tertiary/aromatic N) is 1. The fourth-order valence-corrected chi connectivity index (χ4v) is 2.15. The molecule has 0 aliphatic heterocycles. The summed E-state index contributed by atoms with van der Waals surface area (Å²) in [4.78, 5) is 15.8. The summed E-state index contributed by atoms with van der Waals surface area (Å²) in [6.45, 7) is 0.145. The molecule has 98 valence electrons. The predicted molar refractivity (Wildman–Crippen MR) is 68.9 cm³/mol. The van der Waals surface area contributed by atoms with Gasteiger partial charge in [-0.3, -0.25) is 9.78 Å². The van der Waals surface area contributed by atoms with Crippen LogP contribution in [0.25, 0.3) is 0 Å². The number of hydrogen-bond donors (Lipinski definition) is 2. The van der Waals surface area contributed by atoms with Crippen LogP contribution in [0.15, 0.2) is 24.5 Å². The zero-order valence-corrected chi connectivity index (χ0v) is 10.5. The van der Waals surface area contributed by atoms with E-state index < -0.39 is 0 Å². The van der Waals surface area contributed by atoms with Gasteiger partial charge >= 0.3 is 0 Å². The molecular formula is C14H20N2O2. The summed E-state index contributed by atoms with van der Waals surface area (Å²) in [5, 5.41) is 12.0. The standard InChI is InChI=1S/C14H20N2O2/c17-10-7-13(12-2-3-12)16-14(18)4-1-11-5-8-15-9-6-11/h5-6,8-9,12-13,17H,1-4,7,10H2,(H,16,18). The minimum atomic E-state index is 0.0807. The highest BCUT2D eigenvalue weighted by atomic mass is 16.3. The second kappa shape index (κ2) is 6.50. The van der Waals surface area contributed by atoms with Gasteiger partial charge in [-0.25, -0.2) is 0 Å². The van der Waals surface area contributed by atoms with Crippen LogP contribution >= 0.6 is 0 Å². The van der Waals surface area contributed by atoms with Crippen molar-refractivity contribution in [1.82, 2.24) is 10.3 Å². The van der Waals surface area contributed by atoms with Gasteiger partial charge in [-0.15, -0.1) is 0 Å². The number of rotatable bonds is 7. The number of carbonyl (C=O) groups excluding carboxylic acids is 1. The van der Waals surface area contributed by atoms with Gasteiger partial charge in [0.2, 0.25) is 5.91 Å². The third-order valence-corrected chi connectivity index (χ3v) is 3.37. The molecule has 1 atom stereocenters.